The van der Waals surface area contributed by atoms with E-state index in [2.05, 4.69) is 17.4 Å². The van der Waals surface area contributed by atoms with Crippen molar-refractivity contribution >= 4 is 5.91 Å². The normalized spacial score (nSPS) is 12.5. The third-order valence-corrected chi connectivity index (χ3v) is 1.96. The largest absolute Gasteiger partial charge is 0.361 e. The molecule has 0 aliphatic carbocycles. The molecule has 1 N–H and O–H groups in total. The molecule has 0 aliphatic heterocycles. The summed E-state index contributed by atoms with van der Waals surface area (Å²) in [5.41, 5.74) is 0.352. The molecule has 0 unspecified atom stereocenters. The van der Waals surface area contributed by atoms with Gasteiger partial charge < -0.3 is 9.84 Å². The van der Waals surface area contributed by atoms with Crippen LogP contribution in [0.3, 0.4) is 0 Å². The van der Waals surface area contributed by atoms with Crippen LogP contribution in [0.2, 0.25) is 0 Å². The molecular formula is C10H16N2O2. The summed E-state index contributed by atoms with van der Waals surface area (Å²) in [5.74, 6) is 0.487. The Morgan fingerprint density at radius 3 is 2.93 bits per heavy atom. The van der Waals surface area contributed by atoms with Crippen LogP contribution in [-0.4, -0.2) is 17.1 Å². The van der Waals surface area contributed by atoms with Crippen LogP contribution in [0.15, 0.2) is 10.6 Å². The first-order chi connectivity index (χ1) is 6.63. The second-order valence-electron chi connectivity index (χ2n) is 3.49. The van der Waals surface area contributed by atoms with Crippen LogP contribution in [0.5, 0.6) is 0 Å². The molecule has 1 heterocycles. The Balaban J connectivity index is 2.50. The SMILES string of the molecule is CCC[C@@H](C)NC(=O)c1cc(C)on1. The van der Waals surface area contributed by atoms with E-state index in [-0.39, 0.29) is 11.9 Å². The summed E-state index contributed by atoms with van der Waals surface area (Å²) >= 11 is 0. The lowest BCUT2D eigenvalue weighted by Crippen LogP contribution is -2.32. The Morgan fingerprint density at radius 1 is 1.71 bits per heavy atom. The van der Waals surface area contributed by atoms with E-state index in [1.165, 1.54) is 0 Å². The van der Waals surface area contributed by atoms with Crippen molar-refractivity contribution in [2.45, 2.75) is 39.7 Å². The van der Waals surface area contributed by atoms with Crippen molar-refractivity contribution in [3.8, 4) is 0 Å². The molecule has 0 saturated heterocycles. The van der Waals surface area contributed by atoms with Crippen molar-refractivity contribution in [1.82, 2.24) is 10.5 Å². The molecule has 14 heavy (non-hydrogen) atoms. The zero-order valence-electron chi connectivity index (χ0n) is 8.83. The summed E-state index contributed by atoms with van der Waals surface area (Å²) in [6.07, 6.45) is 2.03. The van der Waals surface area contributed by atoms with E-state index >= 15 is 0 Å². The first-order valence-corrected chi connectivity index (χ1v) is 4.87. The minimum atomic E-state index is -0.164. The van der Waals surface area contributed by atoms with Gasteiger partial charge in [-0.3, -0.25) is 4.79 Å². The molecule has 0 aromatic carbocycles. The fraction of sp³-hybridized carbons (Fsp3) is 0.600. The summed E-state index contributed by atoms with van der Waals surface area (Å²) in [6, 6.07) is 1.82. The van der Waals surface area contributed by atoms with Gasteiger partial charge in [0, 0.05) is 12.1 Å². The number of nitrogens with one attached hydrogen (secondary N) is 1. The number of hydrogen-bond donors (Lipinski definition) is 1. The number of aryl methyl sites for hydroxylation is 1. The molecule has 4 heteroatoms. The molecule has 1 aromatic rings. The molecule has 1 rings (SSSR count). The summed E-state index contributed by atoms with van der Waals surface area (Å²) in [5, 5.41) is 6.49. The van der Waals surface area contributed by atoms with Crippen molar-refractivity contribution in [3.05, 3.63) is 17.5 Å². The van der Waals surface area contributed by atoms with E-state index in [0.29, 0.717) is 11.5 Å². The molecule has 0 saturated carbocycles. The van der Waals surface area contributed by atoms with E-state index in [9.17, 15) is 4.79 Å². The van der Waals surface area contributed by atoms with Gasteiger partial charge in [-0.1, -0.05) is 18.5 Å². The Bertz CT molecular complexity index is 307. The average molecular weight is 196 g/mol. The molecule has 78 valence electrons. The second kappa shape index (κ2) is 4.79. The van der Waals surface area contributed by atoms with Gasteiger partial charge in [-0.15, -0.1) is 0 Å². The van der Waals surface area contributed by atoms with Crippen LogP contribution in [0.25, 0.3) is 0 Å². The van der Waals surface area contributed by atoms with Crippen molar-refractivity contribution in [3.63, 3.8) is 0 Å². The van der Waals surface area contributed by atoms with E-state index in [4.69, 9.17) is 4.52 Å². The summed E-state index contributed by atoms with van der Waals surface area (Å²) in [6.45, 7) is 5.83. The average Bonchev–Trinajstić information content (AvgIpc) is 2.52. The van der Waals surface area contributed by atoms with Gasteiger partial charge >= 0.3 is 0 Å². The zero-order chi connectivity index (χ0) is 10.6. The highest BCUT2D eigenvalue weighted by Crippen LogP contribution is 2.02. The number of amides is 1. The highest BCUT2D eigenvalue weighted by molar-refractivity contribution is 5.92. The smallest absolute Gasteiger partial charge is 0.273 e. The number of nitrogens with zero attached hydrogens (tertiary/aromatic N) is 1. The van der Waals surface area contributed by atoms with E-state index in [0.717, 1.165) is 12.8 Å². The second-order valence-corrected chi connectivity index (χ2v) is 3.49. The van der Waals surface area contributed by atoms with E-state index in [1.54, 1.807) is 13.0 Å². The highest BCUT2D eigenvalue weighted by Gasteiger charge is 2.12. The van der Waals surface area contributed by atoms with Gasteiger partial charge in [0.2, 0.25) is 0 Å². The van der Waals surface area contributed by atoms with Gasteiger partial charge in [-0.05, 0) is 20.3 Å². The van der Waals surface area contributed by atoms with Crippen LogP contribution < -0.4 is 5.32 Å². The van der Waals surface area contributed by atoms with Crippen molar-refractivity contribution in [2.75, 3.05) is 0 Å². The fourth-order valence-corrected chi connectivity index (χ4v) is 1.28. The lowest BCUT2D eigenvalue weighted by Gasteiger charge is -2.10. The molecule has 4 nitrogen and oxygen atoms in total. The molecule has 0 radical (unpaired) electrons. The highest BCUT2D eigenvalue weighted by atomic mass is 16.5. The monoisotopic (exact) mass is 196 g/mol. The quantitative estimate of drug-likeness (QED) is 0.800. The zero-order valence-corrected chi connectivity index (χ0v) is 8.83. The van der Waals surface area contributed by atoms with Crippen LogP contribution in [0.4, 0.5) is 0 Å². The summed E-state index contributed by atoms with van der Waals surface area (Å²) < 4.78 is 4.82. The number of rotatable bonds is 4. The summed E-state index contributed by atoms with van der Waals surface area (Å²) in [4.78, 5) is 11.5. The predicted octanol–water partition coefficient (Wildman–Crippen LogP) is 1.90. The van der Waals surface area contributed by atoms with Crippen LogP contribution >= 0.6 is 0 Å². The molecule has 1 amide bonds. The Kier molecular flexibility index (Phi) is 3.68. The van der Waals surface area contributed by atoms with Gasteiger partial charge in [-0.2, -0.15) is 0 Å². The molecule has 0 aliphatic rings. The van der Waals surface area contributed by atoms with Gasteiger partial charge in [0.1, 0.15) is 5.76 Å². The third kappa shape index (κ3) is 2.87. The lowest BCUT2D eigenvalue weighted by atomic mass is 10.2. The van der Waals surface area contributed by atoms with Crippen molar-refractivity contribution < 1.29 is 9.32 Å². The van der Waals surface area contributed by atoms with Crippen LogP contribution in [-0.2, 0) is 0 Å². The van der Waals surface area contributed by atoms with Crippen molar-refractivity contribution in [2.24, 2.45) is 0 Å². The standard InChI is InChI=1S/C10H16N2O2/c1-4-5-7(2)11-10(13)9-6-8(3)14-12-9/h6-7H,4-5H2,1-3H3,(H,11,13)/t7-/m1/s1. The minimum absolute atomic E-state index is 0.164. The van der Waals surface area contributed by atoms with Crippen LogP contribution in [0.1, 0.15) is 42.9 Å². The predicted molar refractivity (Wildman–Crippen MR) is 53.1 cm³/mol. The molecule has 1 aromatic heterocycles. The first-order valence-electron chi connectivity index (χ1n) is 4.87. The molecular weight excluding hydrogens is 180 g/mol. The number of carbonyl (C=O) groups is 1. The topological polar surface area (TPSA) is 55.1 Å². The maximum Gasteiger partial charge on any atom is 0.273 e. The molecule has 1 atom stereocenters. The first kappa shape index (κ1) is 10.8. The maximum atomic E-state index is 11.5. The summed E-state index contributed by atoms with van der Waals surface area (Å²) in [7, 11) is 0. The molecule has 0 fully saturated rings. The molecule has 0 spiro atoms. The third-order valence-electron chi connectivity index (χ3n) is 1.96. The number of aromatic nitrogens is 1. The van der Waals surface area contributed by atoms with Gasteiger partial charge in [0.05, 0.1) is 0 Å². The van der Waals surface area contributed by atoms with Gasteiger partial charge in [0.15, 0.2) is 5.69 Å². The molecule has 0 bridgehead atoms. The van der Waals surface area contributed by atoms with E-state index in [1.807, 2.05) is 6.92 Å². The Morgan fingerprint density at radius 2 is 2.43 bits per heavy atom. The van der Waals surface area contributed by atoms with Gasteiger partial charge in [0.25, 0.3) is 5.91 Å². The van der Waals surface area contributed by atoms with Gasteiger partial charge in [-0.25, -0.2) is 0 Å². The lowest BCUT2D eigenvalue weighted by molar-refractivity contribution is 0.0929. The van der Waals surface area contributed by atoms with E-state index < -0.39 is 0 Å². The number of carbonyl (C=O) groups excluding carboxylic acids is 1. The number of hydrogen-bond acceptors (Lipinski definition) is 3. The maximum absolute atomic E-state index is 11.5. The minimum Gasteiger partial charge on any atom is -0.361 e. The fourth-order valence-electron chi connectivity index (χ4n) is 1.28. The van der Waals surface area contributed by atoms with Crippen molar-refractivity contribution in [1.29, 1.82) is 0 Å². The Hall–Kier alpha value is -1.32. The van der Waals surface area contributed by atoms with Crippen LogP contribution in [0, 0.1) is 6.92 Å². The Labute approximate surface area is 83.7 Å².